The molecule has 0 aliphatic rings. The molecule has 54 heavy (non-hydrogen) atoms. The van der Waals surface area contributed by atoms with Gasteiger partial charge in [0.1, 0.15) is 0 Å². The third kappa shape index (κ3) is 38.2. The average molecular weight is 766 g/mol. The van der Waals surface area contributed by atoms with Gasteiger partial charge in [-0.1, -0.05) is 195 Å². The van der Waals surface area contributed by atoms with Crippen molar-refractivity contribution in [3.8, 4) is 0 Å². The maximum absolute atomic E-state index is 13.0. The molecule has 0 saturated heterocycles. The number of aliphatic hydroxyl groups is 1. The van der Waals surface area contributed by atoms with Crippen LogP contribution in [-0.2, 0) is 14.3 Å². The van der Waals surface area contributed by atoms with Crippen LogP contribution in [0.1, 0.15) is 259 Å². The first kappa shape index (κ1) is 53.4. The Morgan fingerprint density at radius 2 is 0.778 bits per heavy atom. The molecule has 0 fully saturated rings. The quantitative estimate of drug-likeness (QED) is 0.0494. The number of unbranched alkanes of at least 4 members (excludes halogenated alkanes) is 25. The summed E-state index contributed by atoms with van der Waals surface area (Å²) < 4.78 is 12.3. The number of hydrogen-bond acceptors (Lipinski definition) is 5. The Bertz CT molecular complexity index is 718. The van der Waals surface area contributed by atoms with Gasteiger partial charge >= 0.3 is 5.97 Å². The van der Waals surface area contributed by atoms with Crippen LogP contribution in [0.25, 0.3) is 0 Å². The molecule has 0 rings (SSSR count). The summed E-state index contributed by atoms with van der Waals surface area (Å²) in [6, 6.07) is 0. The van der Waals surface area contributed by atoms with E-state index in [1.54, 1.807) is 0 Å². The Hall–Kier alpha value is -0.650. The van der Waals surface area contributed by atoms with E-state index in [0.29, 0.717) is 19.3 Å². The van der Waals surface area contributed by atoms with Crippen molar-refractivity contribution in [3.63, 3.8) is 0 Å². The first-order valence-electron chi connectivity index (χ1n) is 24.7. The molecule has 2 atom stereocenters. The van der Waals surface area contributed by atoms with Crippen LogP contribution in [0.4, 0.5) is 0 Å². The molecular weight excluding hydrogens is 667 g/mol. The highest BCUT2D eigenvalue weighted by Crippen LogP contribution is 2.21. The second-order valence-electron chi connectivity index (χ2n) is 17.0. The summed E-state index contributed by atoms with van der Waals surface area (Å²) in [4.78, 5) is 15.6. The van der Waals surface area contributed by atoms with Gasteiger partial charge in [0.25, 0.3) is 0 Å². The van der Waals surface area contributed by atoms with Gasteiger partial charge in [-0.25, -0.2) is 0 Å². The number of hydrogen-bond donors (Lipinski definition) is 1. The smallest absolute Gasteiger partial charge is 0.308 e. The van der Waals surface area contributed by atoms with Gasteiger partial charge in [-0.15, -0.1) is 0 Å². The van der Waals surface area contributed by atoms with Crippen LogP contribution in [0.2, 0.25) is 0 Å². The Labute approximate surface area is 339 Å². The molecule has 0 amide bonds. The van der Waals surface area contributed by atoms with E-state index in [2.05, 4.69) is 32.6 Å². The van der Waals surface area contributed by atoms with Gasteiger partial charge in [-0.3, -0.25) is 4.79 Å². The third-order valence-electron chi connectivity index (χ3n) is 11.6. The lowest BCUT2D eigenvalue weighted by atomic mass is 9.94. The third-order valence-corrected chi connectivity index (χ3v) is 11.6. The van der Waals surface area contributed by atoms with Crippen molar-refractivity contribution in [2.45, 2.75) is 265 Å². The second kappa shape index (κ2) is 45.1. The van der Waals surface area contributed by atoms with Crippen molar-refractivity contribution in [3.05, 3.63) is 0 Å². The standard InChI is InChI=1S/C49H99NO4/c1-5-9-13-17-22-28-38-47(37-27-15-11-7-3)49(52)54-46-36-26-24-32-42-50(43-33-34-44-51)41-31-23-19-18-20-25-35-45-53-48(39-29-16-12-8-4)40-30-21-14-10-6-2/h47-48,51H,5-46H2,1-4H3. The Morgan fingerprint density at radius 1 is 0.426 bits per heavy atom. The summed E-state index contributed by atoms with van der Waals surface area (Å²) in [6.45, 7) is 14.4. The van der Waals surface area contributed by atoms with Gasteiger partial charge < -0.3 is 19.5 Å². The summed E-state index contributed by atoms with van der Waals surface area (Å²) in [5, 5.41) is 9.32. The number of carbonyl (C=O) groups is 1. The summed E-state index contributed by atoms with van der Waals surface area (Å²) >= 11 is 0. The number of ether oxygens (including phenoxy) is 2. The van der Waals surface area contributed by atoms with Crippen molar-refractivity contribution in [1.82, 2.24) is 4.90 Å². The summed E-state index contributed by atoms with van der Waals surface area (Å²) in [7, 11) is 0. The van der Waals surface area contributed by atoms with E-state index in [1.807, 2.05) is 0 Å². The number of carbonyl (C=O) groups excluding carboxylic acids is 1. The number of esters is 1. The Morgan fingerprint density at radius 3 is 1.24 bits per heavy atom. The van der Waals surface area contributed by atoms with Crippen LogP contribution < -0.4 is 0 Å². The van der Waals surface area contributed by atoms with Crippen molar-refractivity contribution >= 4 is 5.97 Å². The molecule has 0 spiro atoms. The Kier molecular flexibility index (Phi) is 44.5. The molecule has 0 bridgehead atoms. The van der Waals surface area contributed by atoms with Gasteiger partial charge in [0.05, 0.1) is 18.6 Å². The van der Waals surface area contributed by atoms with E-state index in [4.69, 9.17) is 9.47 Å². The lowest BCUT2D eigenvalue weighted by molar-refractivity contribution is -0.149. The molecule has 0 aromatic carbocycles. The van der Waals surface area contributed by atoms with E-state index in [-0.39, 0.29) is 11.9 Å². The van der Waals surface area contributed by atoms with Crippen LogP contribution in [0.5, 0.6) is 0 Å². The highest BCUT2D eigenvalue weighted by Gasteiger charge is 2.19. The maximum atomic E-state index is 13.0. The van der Waals surface area contributed by atoms with Crippen LogP contribution in [0, 0.1) is 5.92 Å². The lowest BCUT2D eigenvalue weighted by Gasteiger charge is -2.22. The van der Waals surface area contributed by atoms with Crippen molar-refractivity contribution < 1.29 is 19.4 Å². The largest absolute Gasteiger partial charge is 0.465 e. The molecule has 0 saturated carbocycles. The van der Waals surface area contributed by atoms with E-state index in [1.165, 1.54) is 193 Å². The number of rotatable bonds is 46. The molecule has 0 heterocycles. The van der Waals surface area contributed by atoms with Crippen molar-refractivity contribution in [2.24, 2.45) is 5.92 Å². The predicted octanol–water partition coefficient (Wildman–Crippen LogP) is 14.9. The van der Waals surface area contributed by atoms with Gasteiger partial charge in [0.15, 0.2) is 0 Å². The average Bonchev–Trinajstić information content (AvgIpc) is 3.18. The van der Waals surface area contributed by atoms with E-state index in [9.17, 15) is 9.90 Å². The zero-order valence-electron chi connectivity index (χ0n) is 37.5. The summed E-state index contributed by atoms with van der Waals surface area (Å²) in [6.07, 6.45) is 45.6. The lowest BCUT2D eigenvalue weighted by Crippen LogP contribution is -2.27. The molecule has 2 unspecified atom stereocenters. The first-order valence-corrected chi connectivity index (χ1v) is 24.7. The van der Waals surface area contributed by atoms with E-state index in [0.717, 1.165) is 64.6 Å². The van der Waals surface area contributed by atoms with Crippen LogP contribution in [-0.4, -0.2) is 61.5 Å². The molecule has 5 heteroatoms. The van der Waals surface area contributed by atoms with Gasteiger partial charge in [0.2, 0.25) is 0 Å². The van der Waals surface area contributed by atoms with Crippen LogP contribution in [0.15, 0.2) is 0 Å². The minimum absolute atomic E-state index is 0.0737. The molecule has 1 N–H and O–H groups in total. The van der Waals surface area contributed by atoms with E-state index >= 15 is 0 Å². The maximum Gasteiger partial charge on any atom is 0.308 e. The number of aliphatic hydroxyl groups excluding tert-OH is 1. The highest BCUT2D eigenvalue weighted by atomic mass is 16.5. The number of nitrogens with zero attached hydrogens (tertiary/aromatic N) is 1. The molecule has 0 aromatic rings. The molecule has 0 aliphatic carbocycles. The van der Waals surface area contributed by atoms with Crippen LogP contribution >= 0.6 is 0 Å². The SMILES string of the molecule is CCCCCCCCC(CCCCCC)C(=O)OCCCCCCN(CCCCO)CCCCCCCCCOC(CCCCCC)CCCCCCC. The molecule has 0 radical (unpaired) electrons. The van der Waals surface area contributed by atoms with Gasteiger partial charge in [0, 0.05) is 13.2 Å². The molecular formula is C49H99NO4. The fraction of sp³-hybridized carbons (Fsp3) is 0.980. The fourth-order valence-electron chi connectivity index (χ4n) is 7.89. The molecule has 0 aromatic heterocycles. The minimum atomic E-state index is 0.0737. The van der Waals surface area contributed by atoms with Crippen LogP contribution in [0.3, 0.4) is 0 Å². The van der Waals surface area contributed by atoms with E-state index < -0.39 is 0 Å². The highest BCUT2D eigenvalue weighted by molar-refractivity contribution is 5.72. The normalized spacial score (nSPS) is 12.9. The minimum Gasteiger partial charge on any atom is -0.465 e. The molecule has 5 nitrogen and oxygen atoms in total. The topological polar surface area (TPSA) is 59.0 Å². The summed E-state index contributed by atoms with van der Waals surface area (Å²) in [5.41, 5.74) is 0. The zero-order chi connectivity index (χ0) is 39.4. The Balaban J connectivity index is 4.18. The van der Waals surface area contributed by atoms with Crippen molar-refractivity contribution in [2.75, 3.05) is 39.5 Å². The fourth-order valence-corrected chi connectivity index (χ4v) is 7.89. The molecule has 324 valence electrons. The van der Waals surface area contributed by atoms with Gasteiger partial charge in [-0.05, 0) is 83.8 Å². The predicted molar refractivity (Wildman–Crippen MR) is 237 cm³/mol. The first-order chi connectivity index (χ1) is 26.6. The monoisotopic (exact) mass is 766 g/mol. The summed E-state index contributed by atoms with van der Waals surface area (Å²) in [5.74, 6) is 0.182. The molecule has 0 aliphatic heterocycles. The zero-order valence-corrected chi connectivity index (χ0v) is 37.5. The van der Waals surface area contributed by atoms with Gasteiger partial charge in [-0.2, -0.15) is 0 Å². The second-order valence-corrected chi connectivity index (χ2v) is 17.0. The van der Waals surface area contributed by atoms with Crippen molar-refractivity contribution in [1.29, 1.82) is 0 Å².